The van der Waals surface area contributed by atoms with Crippen LogP contribution in [0, 0.1) is 0 Å². The number of H-pyrrole nitrogens is 1. The van der Waals surface area contributed by atoms with Gasteiger partial charge in [0, 0.05) is 6.42 Å². The van der Waals surface area contributed by atoms with E-state index >= 15 is 0 Å². The minimum absolute atomic E-state index is 0.109. The second-order valence-electron chi connectivity index (χ2n) is 4.24. The topological polar surface area (TPSA) is 84.9 Å². The lowest BCUT2D eigenvalue weighted by molar-refractivity contribution is -0.137. The Kier molecular flexibility index (Phi) is 2.25. The van der Waals surface area contributed by atoms with Crippen molar-refractivity contribution in [1.82, 2.24) is 10.2 Å². The van der Waals surface area contributed by atoms with Crippen LogP contribution >= 0.6 is 0 Å². The molecule has 2 heterocycles. The van der Waals surface area contributed by atoms with E-state index in [1.807, 2.05) is 0 Å². The molecule has 0 spiro atoms. The Morgan fingerprint density at radius 3 is 2.79 bits per heavy atom. The quantitative estimate of drug-likeness (QED) is 0.830. The van der Waals surface area contributed by atoms with Crippen molar-refractivity contribution in [3.8, 4) is 11.3 Å². The number of alkyl halides is 3. The van der Waals surface area contributed by atoms with Crippen molar-refractivity contribution >= 4 is 5.91 Å². The van der Waals surface area contributed by atoms with E-state index in [2.05, 4.69) is 10.2 Å². The maximum atomic E-state index is 13.1. The van der Waals surface area contributed by atoms with E-state index in [0.29, 0.717) is 12.0 Å². The van der Waals surface area contributed by atoms with Gasteiger partial charge in [-0.1, -0.05) is 0 Å². The molecule has 0 aliphatic heterocycles. The van der Waals surface area contributed by atoms with E-state index in [1.165, 1.54) is 6.20 Å². The van der Waals surface area contributed by atoms with Crippen molar-refractivity contribution in [2.75, 3.05) is 0 Å². The van der Waals surface area contributed by atoms with Crippen molar-refractivity contribution in [1.29, 1.82) is 0 Å². The number of hydrogen-bond donors (Lipinski definition) is 2. The molecule has 0 radical (unpaired) electrons. The smallest absolute Gasteiger partial charge is 0.420 e. The first-order valence-corrected chi connectivity index (χ1v) is 5.45. The molecule has 100 valence electrons. The normalized spacial score (nSPS) is 14.1. The number of hydrogen-bond acceptors (Lipinski definition) is 3. The van der Waals surface area contributed by atoms with Gasteiger partial charge in [0.2, 0.25) is 5.76 Å². The maximum absolute atomic E-state index is 13.1. The minimum atomic E-state index is -4.72. The Labute approximate surface area is 104 Å². The molecule has 2 aromatic heterocycles. The van der Waals surface area contributed by atoms with Crippen molar-refractivity contribution < 1.29 is 22.4 Å². The summed E-state index contributed by atoms with van der Waals surface area (Å²) in [7, 11) is 0. The lowest BCUT2D eigenvalue weighted by Crippen LogP contribution is -2.17. The number of halogens is 3. The third kappa shape index (κ3) is 1.63. The van der Waals surface area contributed by atoms with Gasteiger partial charge in [0.25, 0.3) is 5.91 Å². The zero-order valence-electron chi connectivity index (χ0n) is 9.47. The number of nitrogens with zero attached hydrogens (tertiary/aromatic N) is 1. The third-order valence-electron chi connectivity index (χ3n) is 3.08. The van der Waals surface area contributed by atoms with Crippen molar-refractivity contribution in [3.63, 3.8) is 0 Å². The van der Waals surface area contributed by atoms with E-state index < -0.39 is 23.4 Å². The van der Waals surface area contributed by atoms with Gasteiger partial charge in [0.05, 0.1) is 17.5 Å². The Morgan fingerprint density at radius 1 is 1.42 bits per heavy atom. The Morgan fingerprint density at radius 2 is 2.16 bits per heavy atom. The minimum Gasteiger partial charge on any atom is -0.455 e. The van der Waals surface area contributed by atoms with Gasteiger partial charge < -0.3 is 10.2 Å². The number of aromatic amines is 1. The van der Waals surface area contributed by atoms with E-state index in [0.717, 1.165) is 0 Å². The molecule has 0 fully saturated rings. The van der Waals surface area contributed by atoms with Crippen LogP contribution in [-0.4, -0.2) is 16.1 Å². The van der Waals surface area contributed by atoms with Gasteiger partial charge in [-0.05, 0) is 12.0 Å². The van der Waals surface area contributed by atoms with Gasteiger partial charge in [-0.2, -0.15) is 18.3 Å². The molecular weight excluding hydrogens is 263 g/mol. The summed E-state index contributed by atoms with van der Waals surface area (Å²) in [5, 5.41) is 6.25. The highest BCUT2D eigenvalue weighted by molar-refractivity contribution is 5.94. The predicted octanol–water partition coefficient (Wildman–Crippen LogP) is 1.89. The highest BCUT2D eigenvalue weighted by Gasteiger charge is 2.44. The fraction of sp³-hybridized carbons (Fsp3) is 0.273. The number of amides is 1. The molecule has 0 saturated heterocycles. The number of furan rings is 1. The summed E-state index contributed by atoms with van der Waals surface area (Å²) < 4.78 is 44.4. The Bertz CT molecular complexity index is 669. The zero-order chi connectivity index (χ0) is 13.8. The fourth-order valence-corrected chi connectivity index (χ4v) is 2.33. The van der Waals surface area contributed by atoms with Gasteiger partial charge in [0.15, 0.2) is 0 Å². The number of carbonyl (C=O) groups excluding carboxylic acids is 1. The Balaban J connectivity index is 2.35. The first kappa shape index (κ1) is 11.8. The summed E-state index contributed by atoms with van der Waals surface area (Å²) in [5.74, 6) is -1.97. The Hall–Kier alpha value is -2.25. The lowest BCUT2D eigenvalue weighted by Gasteiger charge is -2.13. The van der Waals surface area contributed by atoms with E-state index in [4.69, 9.17) is 10.2 Å². The number of aromatic nitrogens is 2. The van der Waals surface area contributed by atoms with Crippen LogP contribution < -0.4 is 5.73 Å². The number of aryl methyl sites for hydroxylation is 2. The van der Waals surface area contributed by atoms with Crippen LogP contribution in [0.15, 0.2) is 10.6 Å². The molecule has 1 amide bonds. The molecule has 0 bridgehead atoms. The number of primary amides is 1. The molecule has 3 N–H and O–H groups in total. The highest BCUT2D eigenvalue weighted by atomic mass is 19.4. The molecule has 0 saturated carbocycles. The SMILES string of the molecule is NC(=O)c1oc2c(c1C(F)(F)F)-c1[nH]ncc1CC2. The number of fused-ring (bicyclic) bond motifs is 3. The summed E-state index contributed by atoms with van der Waals surface area (Å²) in [5.41, 5.74) is 4.58. The predicted molar refractivity (Wildman–Crippen MR) is 57.2 cm³/mol. The van der Waals surface area contributed by atoms with Crippen molar-refractivity contribution in [3.05, 3.63) is 28.8 Å². The third-order valence-corrected chi connectivity index (χ3v) is 3.08. The van der Waals surface area contributed by atoms with Gasteiger partial charge in [-0.15, -0.1) is 0 Å². The summed E-state index contributed by atoms with van der Waals surface area (Å²) >= 11 is 0. The van der Waals surface area contributed by atoms with Crippen LogP contribution in [0.25, 0.3) is 11.3 Å². The molecular formula is C11H8F3N3O2. The van der Waals surface area contributed by atoms with Crippen LogP contribution in [-0.2, 0) is 19.0 Å². The number of rotatable bonds is 1. The van der Waals surface area contributed by atoms with Crippen LogP contribution in [0.5, 0.6) is 0 Å². The zero-order valence-corrected chi connectivity index (χ0v) is 9.47. The number of nitrogens with two attached hydrogens (primary N) is 1. The van der Waals surface area contributed by atoms with Crippen molar-refractivity contribution in [2.24, 2.45) is 5.73 Å². The molecule has 19 heavy (non-hydrogen) atoms. The molecule has 0 aromatic carbocycles. The van der Waals surface area contributed by atoms with E-state index in [-0.39, 0.29) is 23.4 Å². The van der Waals surface area contributed by atoms with Crippen LogP contribution in [0.1, 0.15) is 27.4 Å². The lowest BCUT2D eigenvalue weighted by atomic mass is 9.93. The molecule has 0 atom stereocenters. The van der Waals surface area contributed by atoms with Gasteiger partial charge in [-0.3, -0.25) is 9.89 Å². The van der Waals surface area contributed by atoms with Gasteiger partial charge in [0.1, 0.15) is 11.3 Å². The molecule has 1 aliphatic rings. The summed E-state index contributed by atoms with van der Waals surface area (Å²) in [4.78, 5) is 11.1. The average molecular weight is 271 g/mol. The van der Waals surface area contributed by atoms with Crippen LogP contribution in [0.3, 0.4) is 0 Å². The average Bonchev–Trinajstić information content (AvgIpc) is 2.90. The van der Waals surface area contributed by atoms with Crippen LogP contribution in [0.2, 0.25) is 0 Å². The molecule has 1 aliphatic carbocycles. The fourth-order valence-electron chi connectivity index (χ4n) is 2.33. The van der Waals surface area contributed by atoms with E-state index in [9.17, 15) is 18.0 Å². The molecule has 8 heteroatoms. The van der Waals surface area contributed by atoms with Crippen LogP contribution in [0.4, 0.5) is 13.2 Å². The van der Waals surface area contributed by atoms with Gasteiger partial charge >= 0.3 is 6.18 Å². The largest absolute Gasteiger partial charge is 0.455 e. The summed E-state index contributed by atoms with van der Waals surface area (Å²) in [6, 6.07) is 0. The standard InChI is InChI=1S/C11H8F3N3O2/c12-11(13,14)7-6-5(19-9(7)10(15)18)2-1-4-3-16-17-8(4)6/h3H,1-2H2,(H2,15,18)(H,16,17). The highest BCUT2D eigenvalue weighted by Crippen LogP contribution is 2.45. The summed E-state index contributed by atoms with van der Waals surface area (Å²) in [6.45, 7) is 0. The number of carbonyl (C=O) groups is 1. The van der Waals surface area contributed by atoms with E-state index in [1.54, 1.807) is 0 Å². The first-order valence-electron chi connectivity index (χ1n) is 5.45. The molecule has 0 unspecified atom stereocenters. The molecule has 3 rings (SSSR count). The second kappa shape index (κ2) is 3.62. The van der Waals surface area contributed by atoms with Gasteiger partial charge in [-0.25, -0.2) is 0 Å². The monoisotopic (exact) mass is 271 g/mol. The second-order valence-corrected chi connectivity index (χ2v) is 4.24. The summed E-state index contributed by atoms with van der Waals surface area (Å²) in [6.07, 6.45) is -2.48. The maximum Gasteiger partial charge on any atom is 0.420 e. The molecule has 2 aromatic rings. The number of nitrogens with one attached hydrogen (secondary N) is 1. The molecule has 5 nitrogen and oxygen atoms in total. The van der Waals surface area contributed by atoms with Crippen molar-refractivity contribution in [2.45, 2.75) is 19.0 Å². The first-order chi connectivity index (χ1) is 8.89.